The van der Waals surface area contributed by atoms with Crippen molar-refractivity contribution in [2.75, 3.05) is 6.54 Å². The van der Waals surface area contributed by atoms with Gasteiger partial charge in [-0.1, -0.05) is 0 Å². The van der Waals surface area contributed by atoms with E-state index in [-0.39, 0.29) is 11.3 Å². The van der Waals surface area contributed by atoms with Gasteiger partial charge in [0.05, 0.1) is 11.1 Å². The molecule has 1 amide bonds. The first-order valence-corrected chi connectivity index (χ1v) is 6.63. The second-order valence-corrected chi connectivity index (χ2v) is 5.26. The number of carbonyl (C=O) groups excluding carboxylic acids is 1. The van der Waals surface area contributed by atoms with Crippen molar-refractivity contribution in [2.45, 2.75) is 32.7 Å². The lowest BCUT2D eigenvalue weighted by Gasteiger charge is -2.11. The molecule has 2 heterocycles. The number of aryl methyl sites for hydroxylation is 2. The number of hydrogen-bond donors (Lipinski definition) is 1. The van der Waals surface area contributed by atoms with E-state index in [1.54, 1.807) is 4.68 Å². The van der Waals surface area contributed by atoms with E-state index < -0.39 is 0 Å². The van der Waals surface area contributed by atoms with E-state index in [1.165, 1.54) is 6.92 Å². The fourth-order valence-electron chi connectivity index (χ4n) is 2.22. The first-order valence-electron chi connectivity index (χ1n) is 6.20. The summed E-state index contributed by atoms with van der Waals surface area (Å²) < 4.78 is 3.82. The van der Waals surface area contributed by atoms with Crippen molar-refractivity contribution >= 4 is 28.7 Å². The Bertz CT molecular complexity index is 613. The van der Waals surface area contributed by atoms with Crippen LogP contribution in [0.2, 0.25) is 0 Å². The molecule has 2 rings (SSSR count). The van der Waals surface area contributed by atoms with E-state index >= 15 is 0 Å². The van der Waals surface area contributed by atoms with E-state index in [4.69, 9.17) is 11.6 Å². The molecule has 2 aromatic heterocycles. The highest BCUT2D eigenvalue weighted by molar-refractivity contribution is 6.20. The molecule has 0 aliphatic heterocycles. The quantitative estimate of drug-likeness (QED) is 0.865. The molecule has 7 heteroatoms. The van der Waals surface area contributed by atoms with Gasteiger partial charge in [0.1, 0.15) is 11.3 Å². The minimum atomic E-state index is -0.191. The highest BCUT2D eigenvalue weighted by atomic mass is 35.5. The maximum absolute atomic E-state index is 10.9. The minimum absolute atomic E-state index is 0.0435. The molecule has 1 unspecified atom stereocenters. The highest BCUT2D eigenvalue weighted by Crippen LogP contribution is 2.25. The van der Waals surface area contributed by atoms with Crippen LogP contribution < -0.4 is 5.32 Å². The SMILES string of the molecule is CC(=O)NCCn1c(C(C)Cl)nc2c(C)nn(C)c21. The molecule has 0 fully saturated rings. The molecule has 0 spiro atoms. The minimum Gasteiger partial charge on any atom is -0.355 e. The van der Waals surface area contributed by atoms with Crippen molar-refractivity contribution in [3.63, 3.8) is 0 Å². The summed E-state index contributed by atoms with van der Waals surface area (Å²) in [6, 6.07) is 0. The molecular formula is C12H18ClN5O. The van der Waals surface area contributed by atoms with E-state index in [9.17, 15) is 4.79 Å². The summed E-state index contributed by atoms with van der Waals surface area (Å²) in [5.74, 6) is 0.760. The van der Waals surface area contributed by atoms with Crippen LogP contribution in [0, 0.1) is 6.92 Å². The number of nitrogens with one attached hydrogen (secondary N) is 1. The fraction of sp³-hybridized carbons (Fsp3) is 0.583. The van der Waals surface area contributed by atoms with Crippen LogP contribution >= 0.6 is 11.6 Å². The molecule has 0 aromatic carbocycles. The number of halogens is 1. The third-order valence-corrected chi connectivity index (χ3v) is 3.18. The first kappa shape index (κ1) is 13.9. The molecule has 0 aliphatic rings. The topological polar surface area (TPSA) is 64.7 Å². The maximum Gasteiger partial charge on any atom is 0.216 e. The van der Waals surface area contributed by atoms with E-state index in [2.05, 4.69) is 15.4 Å². The lowest BCUT2D eigenvalue weighted by molar-refractivity contribution is -0.118. The average Bonchev–Trinajstić information content (AvgIpc) is 2.79. The van der Waals surface area contributed by atoms with Crippen LogP contribution in [0.1, 0.15) is 30.7 Å². The van der Waals surface area contributed by atoms with Crippen LogP contribution in [0.5, 0.6) is 0 Å². The summed E-state index contributed by atoms with van der Waals surface area (Å²) in [5, 5.41) is 6.95. The van der Waals surface area contributed by atoms with E-state index in [0.717, 1.165) is 22.7 Å². The number of nitrogens with zero attached hydrogens (tertiary/aromatic N) is 4. The summed E-state index contributed by atoms with van der Waals surface area (Å²) in [7, 11) is 1.88. The second-order valence-electron chi connectivity index (χ2n) is 4.60. The molecule has 0 saturated heterocycles. The van der Waals surface area contributed by atoms with Gasteiger partial charge in [-0.3, -0.25) is 9.48 Å². The summed E-state index contributed by atoms with van der Waals surface area (Å²) in [6.45, 7) is 6.49. The maximum atomic E-state index is 10.9. The van der Waals surface area contributed by atoms with Gasteiger partial charge in [-0.05, 0) is 13.8 Å². The van der Waals surface area contributed by atoms with Gasteiger partial charge in [-0.2, -0.15) is 5.10 Å². The number of alkyl halides is 1. The van der Waals surface area contributed by atoms with Gasteiger partial charge in [-0.25, -0.2) is 4.98 Å². The van der Waals surface area contributed by atoms with Crippen LogP contribution in [0.3, 0.4) is 0 Å². The molecule has 0 saturated carbocycles. The van der Waals surface area contributed by atoms with Crippen molar-refractivity contribution in [3.8, 4) is 0 Å². The summed E-state index contributed by atoms with van der Waals surface area (Å²) >= 11 is 6.18. The normalized spacial score (nSPS) is 12.9. The number of aromatic nitrogens is 4. The van der Waals surface area contributed by atoms with Gasteiger partial charge in [-0.15, -0.1) is 11.6 Å². The summed E-state index contributed by atoms with van der Waals surface area (Å²) in [6.07, 6.45) is 0. The van der Waals surface area contributed by atoms with Gasteiger partial charge in [0, 0.05) is 27.1 Å². The van der Waals surface area contributed by atoms with Crippen molar-refractivity contribution < 1.29 is 4.79 Å². The summed E-state index contributed by atoms with van der Waals surface area (Å²) in [5.41, 5.74) is 2.69. The number of fused-ring (bicyclic) bond motifs is 1. The van der Waals surface area contributed by atoms with Gasteiger partial charge in [0.25, 0.3) is 0 Å². The number of imidazole rings is 1. The van der Waals surface area contributed by atoms with Crippen LogP contribution in [-0.2, 0) is 18.4 Å². The molecule has 0 aliphatic carbocycles. The van der Waals surface area contributed by atoms with E-state index in [1.807, 2.05) is 25.5 Å². The van der Waals surface area contributed by atoms with Gasteiger partial charge < -0.3 is 9.88 Å². The third-order valence-electron chi connectivity index (χ3n) is 2.98. The van der Waals surface area contributed by atoms with Crippen LogP contribution in [-0.4, -0.2) is 31.8 Å². The summed E-state index contributed by atoms with van der Waals surface area (Å²) in [4.78, 5) is 15.5. The molecule has 2 aromatic rings. The van der Waals surface area contributed by atoms with Gasteiger partial charge >= 0.3 is 0 Å². The zero-order valence-corrected chi connectivity index (χ0v) is 12.3. The monoisotopic (exact) mass is 283 g/mol. The molecular weight excluding hydrogens is 266 g/mol. The Morgan fingerprint density at radius 2 is 2.21 bits per heavy atom. The number of amides is 1. The van der Waals surface area contributed by atoms with Crippen molar-refractivity contribution in [3.05, 3.63) is 11.5 Å². The molecule has 0 radical (unpaired) electrons. The lowest BCUT2D eigenvalue weighted by Crippen LogP contribution is -2.25. The van der Waals surface area contributed by atoms with Crippen LogP contribution in [0.4, 0.5) is 0 Å². The lowest BCUT2D eigenvalue weighted by atomic mass is 10.4. The third kappa shape index (κ3) is 2.58. The van der Waals surface area contributed by atoms with Gasteiger partial charge in [0.2, 0.25) is 5.91 Å². The molecule has 6 nitrogen and oxygen atoms in total. The Labute approximate surface area is 116 Å². The van der Waals surface area contributed by atoms with Crippen LogP contribution in [0.15, 0.2) is 0 Å². The highest BCUT2D eigenvalue weighted by Gasteiger charge is 2.19. The van der Waals surface area contributed by atoms with Crippen LogP contribution in [0.25, 0.3) is 11.2 Å². The molecule has 104 valence electrons. The average molecular weight is 284 g/mol. The van der Waals surface area contributed by atoms with Crippen molar-refractivity contribution in [2.24, 2.45) is 7.05 Å². The predicted molar refractivity (Wildman–Crippen MR) is 74.2 cm³/mol. The Morgan fingerprint density at radius 3 is 2.79 bits per heavy atom. The van der Waals surface area contributed by atoms with Crippen molar-refractivity contribution in [1.82, 2.24) is 24.6 Å². The number of carbonyl (C=O) groups is 1. The van der Waals surface area contributed by atoms with E-state index in [0.29, 0.717) is 13.1 Å². The Balaban J connectivity index is 2.42. The predicted octanol–water partition coefficient (Wildman–Crippen LogP) is 1.51. The number of hydrogen-bond acceptors (Lipinski definition) is 3. The molecule has 1 atom stereocenters. The standard InChI is InChI=1S/C12H18ClN5O/c1-7(13)11-15-10-8(2)16-17(4)12(10)18(11)6-5-14-9(3)19/h7H,5-6H2,1-4H3,(H,14,19). The Morgan fingerprint density at radius 1 is 1.53 bits per heavy atom. The molecule has 19 heavy (non-hydrogen) atoms. The zero-order valence-electron chi connectivity index (χ0n) is 11.6. The molecule has 1 N–H and O–H groups in total. The van der Waals surface area contributed by atoms with Gasteiger partial charge in [0.15, 0.2) is 5.65 Å². The number of rotatable bonds is 4. The molecule has 0 bridgehead atoms. The smallest absolute Gasteiger partial charge is 0.216 e. The first-order chi connectivity index (χ1) is 8.91. The second kappa shape index (κ2) is 5.21. The fourth-order valence-corrected chi connectivity index (χ4v) is 2.39. The Hall–Kier alpha value is -1.56. The zero-order chi connectivity index (χ0) is 14.2. The largest absolute Gasteiger partial charge is 0.355 e. The Kier molecular flexibility index (Phi) is 3.80. The van der Waals surface area contributed by atoms with Crippen molar-refractivity contribution in [1.29, 1.82) is 0 Å².